The minimum Gasteiger partial charge on any atom is -0.507 e. The zero-order chi connectivity index (χ0) is 13.8. The van der Waals surface area contributed by atoms with Crippen molar-refractivity contribution < 1.29 is 5.11 Å². The van der Waals surface area contributed by atoms with Crippen molar-refractivity contribution in [2.24, 2.45) is 0 Å². The van der Waals surface area contributed by atoms with Gasteiger partial charge in [-0.25, -0.2) is 0 Å². The van der Waals surface area contributed by atoms with Crippen LogP contribution >= 0.6 is 15.9 Å². The molecule has 1 aliphatic heterocycles. The Kier molecular flexibility index (Phi) is 5.25. The fourth-order valence-electron chi connectivity index (χ4n) is 2.77. The Hall–Kier alpha value is -0.580. The van der Waals surface area contributed by atoms with E-state index in [4.69, 9.17) is 0 Å². The van der Waals surface area contributed by atoms with Crippen LogP contribution in [0.5, 0.6) is 5.75 Å². The van der Waals surface area contributed by atoms with Crippen LogP contribution in [0.1, 0.15) is 25.3 Å². The number of likely N-dealkylation sites (N-methyl/N-ethyl adjacent to an activating group) is 1. The van der Waals surface area contributed by atoms with Crippen LogP contribution in [0, 0.1) is 0 Å². The number of phenols is 1. The van der Waals surface area contributed by atoms with Crippen LogP contribution in [0.15, 0.2) is 22.7 Å². The van der Waals surface area contributed by atoms with Crippen molar-refractivity contribution in [3.05, 3.63) is 28.2 Å². The highest BCUT2D eigenvalue weighted by Crippen LogP contribution is 2.25. The van der Waals surface area contributed by atoms with Crippen LogP contribution in [0.25, 0.3) is 0 Å². The van der Waals surface area contributed by atoms with Crippen LogP contribution in [0.2, 0.25) is 0 Å². The monoisotopic (exact) mass is 326 g/mol. The Bertz CT molecular complexity index is 425. The lowest BCUT2D eigenvalue weighted by atomic mass is 10.1. The molecule has 0 radical (unpaired) electrons. The minimum atomic E-state index is 0.311. The molecule has 0 aromatic heterocycles. The molecule has 1 atom stereocenters. The molecule has 1 aromatic carbocycles. The molecule has 4 heteroatoms. The highest BCUT2D eigenvalue weighted by atomic mass is 79.9. The summed E-state index contributed by atoms with van der Waals surface area (Å²) in [7, 11) is 2.21. The summed E-state index contributed by atoms with van der Waals surface area (Å²) in [5.74, 6) is 0.311. The summed E-state index contributed by atoms with van der Waals surface area (Å²) in [6.45, 7) is 6.72. The Morgan fingerprint density at radius 1 is 1.37 bits per heavy atom. The van der Waals surface area contributed by atoms with Crippen molar-refractivity contribution in [3.63, 3.8) is 0 Å². The molecule has 0 saturated carbocycles. The molecule has 0 bridgehead atoms. The molecule has 1 N–H and O–H groups in total. The van der Waals surface area contributed by atoms with Gasteiger partial charge in [0.25, 0.3) is 0 Å². The molecule has 1 aliphatic rings. The van der Waals surface area contributed by atoms with E-state index < -0.39 is 0 Å². The average Bonchev–Trinajstić information content (AvgIpc) is 2.56. The summed E-state index contributed by atoms with van der Waals surface area (Å²) in [6.07, 6.45) is 2.41. The highest BCUT2D eigenvalue weighted by Gasteiger charge is 2.21. The van der Waals surface area contributed by atoms with Crippen molar-refractivity contribution >= 4 is 15.9 Å². The molecule has 3 nitrogen and oxygen atoms in total. The number of hydrogen-bond donors (Lipinski definition) is 1. The maximum Gasteiger partial charge on any atom is 0.129 e. The molecule has 2 rings (SSSR count). The predicted octanol–water partition coefficient (Wildman–Crippen LogP) is 3.07. The SMILES string of the molecule is CCC1CN(C)CCCN1Cc1ccc(O)c(Br)c1. The van der Waals surface area contributed by atoms with E-state index in [9.17, 15) is 5.11 Å². The molecular formula is C15H23BrN2O. The Morgan fingerprint density at radius 2 is 2.16 bits per heavy atom. The second kappa shape index (κ2) is 6.73. The van der Waals surface area contributed by atoms with Crippen LogP contribution in [0.3, 0.4) is 0 Å². The lowest BCUT2D eigenvalue weighted by molar-refractivity contribution is 0.176. The van der Waals surface area contributed by atoms with Crippen LogP contribution < -0.4 is 0 Å². The smallest absolute Gasteiger partial charge is 0.129 e. The largest absolute Gasteiger partial charge is 0.507 e. The predicted molar refractivity (Wildman–Crippen MR) is 82.4 cm³/mol. The van der Waals surface area contributed by atoms with Crippen LogP contribution in [-0.4, -0.2) is 47.6 Å². The first kappa shape index (κ1) is 14.8. The van der Waals surface area contributed by atoms with E-state index in [1.807, 2.05) is 12.1 Å². The molecule has 0 amide bonds. The van der Waals surface area contributed by atoms with Gasteiger partial charge in [-0.1, -0.05) is 13.0 Å². The van der Waals surface area contributed by atoms with Gasteiger partial charge in [0.2, 0.25) is 0 Å². The van der Waals surface area contributed by atoms with Crippen LogP contribution in [-0.2, 0) is 6.54 Å². The molecule has 1 aromatic rings. The molecule has 0 spiro atoms. The first-order chi connectivity index (χ1) is 9.10. The Morgan fingerprint density at radius 3 is 2.84 bits per heavy atom. The van der Waals surface area contributed by atoms with E-state index in [1.165, 1.54) is 24.9 Å². The minimum absolute atomic E-state index is 0.311. The molecule has 1 unspecified atom stereocenters. The van der Waals surface area contributed by atoms with Gasteiger partial charge < -0.3 is 10.0 Å². The van der Waals surface area contributed by atoms with E-state index in [0.717, 1.165) is 24.1 Å². The Balaban J connectivity index is 2.08. The number of aromatic hydroxyl groups is 1. The molecule has 1 saturated heterocycles. The second-order valence-electron chi connectivity index (χ2n) is 5.43. The van der Waals surface area contributed by atoms with E-state index in [1.54, 1.807) is 6.07 Å². The maximum atomic E-state index is 9.56. The number of benzene rings is 1. The summed E-state index contributed by atoms with van der Waals surface area (Å²) in [5, 5.41) is 9.56. The van der Waals surface area contributed by atoms with Crippen molar-refractivity contribution in [1.82, 2.24) is 9.80 Å². The fourth-order valence-corrected chi connectivity index (χ4v) is 3.20. The number of hydrogen-bond acceptors (Lipinski definition) is 3. The zero-order valence-electron chi connectivity index (χ0n) is 11.8. The quantitative estimate of drug-likeness (QED) is 0.924. The van der Waals surface area contributed by atoms with Gasteiger partial charge in [0, 0.05) is 25.7 Å². The average molecular weight is 327 g/mol. The van der Waals surface area contributed by atoms with Crippen molar-refractivity contribution in [2.75, 3.05) is 26.7 Å². The van der Waals surface area contributed by atoms with Crippen molar-refractivity contribution in [2.45, 2.75) is 32.4 Å². The van der Waals surface area contributed by atoms with Gasteiger partial charge >= 0.3 is 0 Å². The highest BCUT2D eigenvalue weighted by molar-refractivity contribution is 9.10. The molecule has 19 heavy (non-hydrogen) atoms. The van der Waals surface area contributed by atoms with Gasteiger partial charge in [0.15, 0.2) is 0 Å². The van der Waals surface area contributed by atoms with Gasteiger partial charge in [-0.15, -0.1) is 0 Å². The van der Waals surface area contributed by atoms with Crippen molar-refractivity contribution in [3.8, 4) is 5.75 Å². The zero-order valence-corrected chi connectivity index (χ0v) is 13.4. The summed E-state index contributed by atoms with van der Waals surface area (Å²) < 4.78 is 0.782. The second-order valence-corrected chi connectivity index (χ2v) is 6.29. The standard InChI is InChI=1S/C15H23BrN2O/c1-3-13-11-17(2)7-4-8-18(13)10-12-5-6-15(19)14(16)9-12/h5-6,9,13,19H,3-4,7-8,10-11H2,1-2H3. The number of phenolic OH excluding ortho intramolecular Hbond substituents is 1. The molecule has 1 fully saturated rings. The number of halogens is 1. The molecule has 106 valence electrons. The lowest BCUT2D eigenvalue weighted by Gasteiger charge is -2.30. The summed E-state index contributed by atoms with van der Waals surface area (Å²) in [5.41, 5.74) is 1.26. The third kappa shape index (κ3) is 3.94. The van der Waals surface area contributed by atoms with E-state index in [0.29, 0.717) is 11.8 Å². The first-order valence-electron chi connectivity index (χ1n) is 7.00. The molecule has 0 aliphatic carbocycles. The normalized spacial score (nSPS) is 22.4. The third-order valence-corrected chi connectivity index (χ3v) is 4.53. The number of rotatable bonds is 3. The summed E-state index contributed by atoms with van der Waals surface area (Å²) in [4.78, 5) is 5.00. The lowest BCUT2D eigenvalue weighted by Crippen LogP contribution is -2.39. The Labute approximate surface area is 124 Å². The van der Waals surface area contributed by atoms with E-state index in [-0.39, 0.29) is 0 Å². The van der Waals surface area contributed by atoms with Gasteiger partial charge in [-0.3, -0.25) is 4.90 Å². The van der Waals surface area contributed by atoms with E-state index >= 15 is 0 Å². The number of nitrogens with zero attached hydrogens (tertiary/aromatic N) is 2. The maximum absolute atomic E-state index is 9.56. The topological polar surface area (TPSA) is 26.7 Å². The summed E-state index contributed by atoms with van der Waals surface area (Å²) >= 11 is 3.39. The van der Waals surface area contributed by atoms with Crippen molar-refractivity contribution in [1.29, 1.82) is 0 Å². The van der Waals surface area contributed by atoms with Gasteiger partial charge in [-0.2, -0.15) is 0 Å². The third-order valence-electron chi connectivity index (χ3n) is 3.89. The summed E-state index contributed by atoms with van der Waals surface area (Å²) in [6, 6.07) is 6.43. The van der Waals surface area contributed by atoms with Gasteiger partial charge in [0.05, 0.1) is 4.47 Å². The fraction of sp³-hybridized carbons (Fsp3) is 0.600. The molecular weight excluding hydrogens is 304 g/mol. The first-order valence-corrected chi connectivity index (χ1v) is 7.79. The van der Waals surface area contributed by atoms with E-state index in [2.05, 4.69) is 39.7 Å². The van der Waals surface area contributed by atoms with Crippen LogP contribution in [0.4, 0.5) is 0 Å². The van der Waals surface area contributed by atoms with Gasteiger partial charge in [0.1, 0.15) is 5.75 Å². The molecule has 1 heterocycles. The van der Waals surface area contributed by atoms with Gasteiger partial charge in [-0.05, 0) is 60.1 Å².